The highest BCUT2D eigenvalue weighted by Crippen LogP contribution is 2.29. The number of nitrogens with two attached hydrogens (primary N) is 1. The molecule has 0 aromatic carbocycles. The van der Waals surface area contributed by atoms with Gasteiger partial charge < -0.3 is 10.6 Å². The molecule has 1 rings (SSSR count). The van der Waals surface area contributed by atoms with Crippen LogP contribution < -0.4 is 5.73 Å². The second-order valence-electron chi connectivity index (χ2n) is 6.69. The molecule has 17 heavy (non-hydrogen) atoms. The molecular weight excluding hydrogens is 212 g/mol. The van der Waals surface area contributed by atoms with Gasteiger partial charge >= 0.3 is 0 Å². The van der Waals surface area contributed by atoms with Crippen molar-refractivity contribution in [1.29, 1.82) is 0 Å². The fourth-order valence-electron chi connectivity index (χ4n) is 2.26. The van der Waals surface area contributed by atoms with Crippen LogP contribution in [0.2, 0.25) is 0 Å². The average molecular weight is 240 g/mol. The molecule has 1 amide bonds. The molecule has 0 aromatic rings. The molecule has 0 spiro atoms. The van der Waals surface area contributed by atoms with E-state index in [1.54, 1.807) is 0 Å². The van der Waals surface area contributed by atoms with Gasteiger partial charge in [-0.2, -0.15) is 0 Å². The number of rotatable bonds is 2. The lowest BCUT2D eigenvalue weighted by Gasteiger charge is -2.38. The molecule has 0 aromatic heterocycles. The highest BCUT2D eigenvalue weighted by molar-refractivity contribution is 5.77. The Bertz CT molecular complexity index is 270. The molecule has 3 atom stereocenters. The molecule has 1 aliphatic rings. The molecule has 1 aliphatic heterocycles. The third kappa shape index (κ3) is 3.98. The summed E-state index contributed by atoms with van der Waals surface area (Å²) in [6, 6.07) is 0.576. The molecular formula is C14H28N2O. The van der Waals surface area contributed by atoms with Gasteiger partial charge in [-0.15, -0.1) is 0 Å². The van der Waals surface area contributed by atoms with E-state index in [2.05, 4.69) is 34.6 Å². The minimum atomic E-state index is 0.199. The predicted molar refractivity (Wildman–Crippen MR) is 71.6 cm³/mol. The van der Waals surface area contributed by atoms with E-state index in [9.17, 15) is 4.79 Å². The van der Waals surface area contributed by atoms with Crippen LogP contribution in [0.3, 0.4) is 0 Å². The first kappa shape index (κ1) is 14.5. The molecule has 2 N–H and O–H groups in total. The van der Waals surface area contributed by atoms with Gasteiger partial charge in [0.1, 0.15) is 0 Å². The molecule has 100 valence electrons. The summed E-state index contributed by atoms with van der Waals surface area (Å²) in [5, 5.41) is 0. The van der Waals surface area contributed by atoms with E-state index in [-0.39, 0.29) is 11.5 Å². The van der Waals surface area contributed by atoms with Crippen LogP contribution in [0.5, 0.6) is 0 Å². The number of hydrogen-bond acceptors (Lipinski definition) is 2. The number of nitrogens with zero attached hydrogens (tertiary/aromatic N) is 1. The molecule has 0 bridgehead atoms. The van der Waals surface area contributed by atoms with Gasteiger partial charge in [-0.05, 0) is 31.1 Å². The maximum atomic E-state index is 12.3. The monoisotopic (exact) mass is 240 g/mol. The Hall–Kier alpha value is -0.570. The van der Waals surface area contributed by atoms with Crippen molar-refractivity contribution in [2.24, 2.45) is 17.1 Å². The van der Waals surface area contributed by atoms with Gasteiger partial charge in [0.05, 0.1) is 0 Å². The van der Waals surface area contributed by atoms with Gasteiger partial charge in [-0.3, -0.25) is 4.79 Å². The van der Waals surface area contributed by atoms with E-state index in [0.29, 0.717) is 24.3 Å². The lowest BCUT2D eigenvalue weighted by molar-refractivity contribution is -0.136. The number of likely N-dealkylation sites (tertiary alicyclic amines) is 1. The number of amides is 1. The van der Waals surface area contributed by atoms with Crippen LogP contribution >= 0.6 is 0 Å². The molecule has 3 heteroatoms. The van der Waals surface area contributed by atoms with Crippen molar-refractivity contribution in [2.45, 2.75) is 66.0 Å². The predicted octanol–water partition coefficient (Wildman–Crippen LogP) is 2.40. The van der Waals surface area contributed by atoms with Gasteiger partial charge in [0.25, 0.3) is 0 Å². The average Bonchev–Trinajstić information content (AvgIpc) is 2.15. The first-order valence-electron chi connectivity index (χ1n) is 6.77. The van der Waals surface area contributed by atoms with Crippen molar-refractivity contribution >= 4 is 5.91 Å². The number of hydrogen-bond donors (Lipinski definition) is 1. The lowest BCUT2D eigenvalue weighted by atomic mass is 9.79. The van der Waals surface area contributed by atoms with Crippen LogP contribution in [0.4, 0.5) is 0 Å². The summed E-state index contributed by atoms with van der Waals surface area (Å²) in [5.74, 6) is 0.713. The maximum Gasteiger partial charge on any atom is 0.223 e. The van der Waals surface area contributed by atoms with E-state index >= 15 is 0 Å². The second-order valence-corrected chi connectivity index (χ2v) is 6.69. The lowest BCUT2D eigenvalue weighted by Crippen LogP contribution is -2.48. The van der Waals surface area contributed by atoms with Crippen molar-refractivity contribution < 1.29 is 4.79 Å². The SMILES string of the molecule is C[C@@H]1C[C@H](N)CCN1C(=O)C[C@@H](C)C(C)(C)C. The van der Waals surface area contributed by atoms with E-state index in [1.165, 1.54) is 0 Å². The number of carbonyl (C=O) groups is 1. The Balaban J connectivity index is 2.53. The molecule has 0 aliphatic carbocycles. The zero-order chi connectivity index (χ0) is 13.2. The number of piperidine rings is 1. The molecule has 1 fully saturated rings. The van der Waals surface area contributed by atoms with Crippen LogP contribution in [0.1, 0.15) is 53.9 Å². The minimum absolute atomic E-state index is 0.199. The van der Waals surface area contributed by atoms with Crippen LogP contribution in [-0.4, -0.2) is 29.4 Å². The zero-order valence-corrected chi connectivity index (χ0v) is 12.0. The smallest absolute Gasteiger partial charge is 0.223 e. The van der Waals surface area contributed by atoms with Gasteiger partial charge in [0.2, 0.25) is 5.91 Å². The molecule has 1 saturated heterocycles. The zero-order valence-electron chi connectivity index (χ0n) is 12.0. The highest BCUT2D eigenvalue weighted by atomic mass is 16.2. The van der Waals surface area contributed by atoms with E-state index in [4.69, 9.17) is 5.73 Å². The molecule has 1 heterocycles. The first-order valence-corrected chi connectivity index (χ1v) is 6.77. The quantitative estimate of drug-likeness (QED) is 0.805. The minimum Gasteiger partial charge on any atom is -0.340 e. The summed E-state index contributed by atoms with van der Waals surface area (Å²) in [7, 11) is 0. The number of carbonyl (C=O) groups excluding carboxylic acids is 1. The van der Waals surface area contributed by atoms with Crippen molar-refractivity contribution in [3.63, 3.8) is 0 Å². The third-order valence-electron chi connectivity index (χ3n) is 4.20. The van der Waals surface area contributed by atoms with Crippen LogP contribution in [-0.2, 0) is 4.79 Å². The van der Waals surface area contributed by atoms with E-state index in [1.807, 2.05) is 4.90 Å². The fraction of sp³-hybridized carbons (Fsp3) is 0.929. The van der Waals surface area contributed by atoms with Gasteiger partial charge in [0.15, 0.2) is 0 Å². The molecule has 0 unspecified atom stereocenters. The molecule has 0 radical (unpaired) electrons. The van der Waals surface area contributed by atoms with Crippen molar-refractivity contribution in [1.82, 2.24) is 4.90 Å². The van der Waals surface area contributed by atoms with Crippen molar-refractivity contribution in [2.75, 3.05) is 6.54 Å². The molecule has 0 saturated carbocycles. The third-order valence-corrected chi connectivity index (χ3v) is 4.20. The fourth-order valence-corrected chi connectivity index (χ4v) is 2.26. The topological polar surface area (TPSA) is 46.3 Å². The first-order chi connectivity index (χ1) is 7.71. The van der Waals surface area contributed by atoms with Gasteiger partial charge in [-0.1, -0.05) is 27.7 Å². The Labute approximate surface area is 106 Å². The van der Waals surface area contributed by atoms with Crippen molar-refractivity contribution in [3.05, 3.63) is 0 Å². The van der Waals surface area contributed by atoms with Gasteiger partial charge in [-0.25, -0.2) is 0 Å². The van der Waals surface area contributed by atoms with Crippen molar-refractivity contribution in [3.8, 4) is 0 Å². The maximum absolute atomic E-state index is 12.3. The van der Waals surface area contributed by atoms with Crippen LogP contribution in [0.15, 0.2) is 0 Å². The normalized spacial score (nSPS) is 28.0. The summed E-state index contributed by atoms with van der Waals surface area (Å²) in [6.07, 6.45) is 2.54. The molecule has 3 nitrogen and oxygen atoms in total. The summed E-state index contributed by atoms with van der Waals surface area (Å²) in [5.41, 5.74) is 6.12. The standard InChI is InChI=1S/C14H28N2O/c1-10(14(3,4)5)8-13(17)16-7-6-12(15)9-11(16)2/h10-12H,6-9,15H2,1-5H3/t10-,11-,12-/m1/s1. The largest absolute Gasteiger partial charge is 0.340 e. The van der Waals surface area contributed by atoms with E-state index < -0.39 is 0 Å². The van der Waals surface area contributed by atoms with Crippen LogP contribution in [0, 0.1) is 11.3 Å². The Kier molecular flexibility index (Phi) is 4.59. The second kappa shape index (κ2) is 5.38. The van der Waals surface area contributed by atoms with E-state index in [0.717, 1.165) is 19.4 Å². The summed E-state index contributed by atoms with van der Waals surface area (Å²) in [6.45, 7) is 11.7. The summed E-state index contributed by atoms with van der Waals surface area (Å²) in [4.78, 5) is 14.3. The summed E-state index contributed by atoms with van der Waals surface area (Å²) >= 11 is 0. The highest BCUT2D eigenvalue weighted by Gasteiger charge is 2.30. The van der Waals surface area contributed by atoms with Crippen LogP contribution in [0.25, 0.3) is 0 Å². The van der Waals surface area contributed by atoms with Gasteiger partial charge in [0, 0.05) is 25.0 Å². The summed E-state index contributed by atoms with van der Waals surface area (Å²) < 4.78 is 0. The Morgan fingerprint density at radius 2 is 2.06 bits per heavy atom. The Morgan fingerprint density at radius 1 is 1.47 bits per heavy atom. The Morgan fingerprint density at radius 3 is 2.53 bits per heavy atom.